The van der Waals surface area contributed by atoms with Crippen LogP contribution >= 0.6 is 23.2 Å². The molecule has 0 fully saturated rings. The van der Waals surface area contributed by atoms with E-state index in [0.29, 0.717) is 28.9 Å². The van der Waals surface area contributed by atoms with E-state index in [1.165, 1.54) is 0 Å². The lowest BCUT2D eigenvalue weighted by Gasteiger charge is -2.16. The Labute approximate surface area is 133 Å². The van der Waals surface area contributed by atoms with E-state index < -0.39 is 0 Å². The zero-order valence-electron chi connectivity index (χ0n) is 11.5. The molecule has 4 nitrogen and oxygen atoms in total. The van der Waals surface area contributed by atoms with Gasteiger partial charge in [-0.1, -0.05) is 36.2 Å². The maximum Gasteiger partial charge on any atom is 0.315 e. The molecule has 2 amide bonds. The molecule has 0 saturated carbocycles. The zero-order valence-corrected chi connectivity index (χ0v) is 13.0. The van der Waals surface area contributed by atoms with Gasteiger partial charge in [-0.05, 0) is 29.8 Å². The average Bonchev–Trinajstić information content (AvgIpc) is 2.96. The van der Waals surface area contributed by atoms with Crippen molar-refractivity contribution in [3.63, 3.8) is 0 Å². The predicted octanol–water partition coefficient (Wildman–Crippen LogP) is 4.19. The van der Waals surface area contributed by atoms with Crippen molar-refractivity contribution in [1.82, 2.24) is 10.6 Å². The van der Waals surface area contributed by atoms with Crippen LogP contribution in [-0.4, -0.2) is 12.6 Å². The molecule has 0 bridgehead atoms. The molecule has 2 aromatic rings. The third kappa shape index (κ3) is 4.41. The van der Waals surface area contributed by atoms with Crippen molar-refractivity contribution in [1.29, 1.82) is 0 Å². The van der Waals surface area contributed by atoms with Crippen LogP contribution in [0.4, 0.5) is 4.79 Å². The Kier molecular flexibility index (Phi) is 5.53. The van der Waals surface area contributed by atoms with Gasteiger partial charge in [0.05, 0.1) is 12.8 Å². The van der Waals surface area contributed by atoms with E-state index in [-0.39, 0.29) is 11.9 Å². The standard InChI is InChI=1S/C15H16Cl2N2O2/c1-10(14-12(16)5-2-6-13(14)17)8-18-15(20)19-9-11-4-3-7-21-11/h2-7,10H,8-9H2,1H3,(H2,18,19,20). The summed E-state index contributed by atoms with van der Waals surface area (Å²) in [6, 6.07) is 8.68. The van der Waals surface area contributed by atoms with Gasteiger partial charge in [-0.25, -0.2) is 4.79 Å². The Hall–Kier alpha value is -1.65. The zero-order chi connectivity index (χ0) is 15.2. The lowest BCUT2D eigenvalue weighted by atomic mass is 10.0. The quantitative estimate of drug-likeness (QED) is 0.865. The Morgan fingerprint density at radius 2 is 1.90 bits per heavy atom. The Morgan fingerprint density at radius 3 is 2.52 bits per heavy atom. The summed E-state index contributed by atoms with van der Waals surface area (Å²) in [6.07, 6.45) is 1.57. The molecule has 0 spiro atoms. The largest absolute Gasteiger partial charge is 0.467 e. The van der Waals surface area contributed by atoms with Gasteiger partial charge in [0.15, 0.2) is 0 Å². The van der Waals surface area contributed by atoms with E-state index in [2.05, 4.69) is 10.6 Å². The van der Waals surface area contributed by atoms with E-state index in [1.807, 2.05) is 6.92 Å². The van der Waals surface area contributed by atoms with Crippen LogP contribution in [-0.2, 0) is 6.54 Å². The summed E-state index contributed by atoms with van der Waals surface area (Å²) in [6.45, 7) is 2.74. The van der Waals surface area contributed by atoms with Crippen molar-refractivity contribution in [2.24, 2.45) is 0 Å². The highest BCUT2D eigenvalue weighted by molar-refractivity contribution is 6.36. The van der Waals surface area contributed by atoms with Crippen LogP contribution in [0.25, 0.3) is 0 Å². The number of amides is 2. The molecule has 1 aromatic heterocycles. The Bertz CT molecular complexity index is 579. The van der Waals surface area contributed by atoms with Crippen LogP contribution in [0.15, 0.2) is 41.0 Å². The molecule has 6 heteroatoms. The van der Waals surface area contributed by atoms with Gasteiger partial charge in [0, 0.05) is 22.5 Å². The third-order valence-electron chi connectivity index (χ3n) is 3.06. The molecular formula is C15H16Cl2N2O2. The molecule has 0 aliphatic heterocycles. The number of carbonyl (C=O) groups is 1. The molecule has 0 saturated heterocycles. The predicted molar refractivity (Wildman–Crippen MR) is 83.8 cm³/mol. The first-order valence-electron chi connectivity index (χ1n) is 6.56. The molecule has 1 atom stereocenters. The van der Waals surface area contributed by atoms with Crippen molar-refractivity contribution in [2.75, 3.05) is 6.54 Å². The summed E-state index contributed by atoms with van der Waals surface area (Å²) < 4.78 is 5.13. The molecule has 2 rings (SSSR count). The lowest BCUT2D eigenvalue weighted by molar-refractivity contribution is 0.239. The molecular weight excluding hydrogens is 311 g/mol. The van der Waals surface area contributed by atoms with Gasteiger partial charge in [-0.15, -0.1) is 0 Å². The van der Waals surface area contributed by atoms with Crippen LogP contribution < -0.4 is 10.6 Å². The van der Waals surface area contributed by atoms with Crippen molar-refractivity contribution in [3.05, 3.63) is 58.0 Å². The third-order valence-corrected chi connectivity index (χ3v) is 3.72. The minimum Gasteiger partial charge on any atom is -0.467 e. The molecule has 112 valence electrons. The number of urea groups is 1. The van der Waals surface area contributed by atoms with Crippen LogP contribution in [0, 0.1) is 0 Å². The minimum atomic E-state index is -0.263. The number of halogens is 2. The van der Waals surface area contributed by atoms with Crippen LogP contribution in [0.2, 0.25) is 10.0 Å². The number of hydrogen-bond acceptors (Lipinski definition) is 2. The molecule has 0 radical (unpaired) electrons. The maximum absolute atomic E-state index is 11.7. The van der Waals surface area contributed by atoms with Gasteiger partial charge in [0.1, 0.15) is 5.76 Å². The topological polar surface area (TPSA) is 54.3 Å². The first-order valence-corrected chi connectivity index (χ1v) is 7.31. The van der Waals surface area contributed by atoms with Crippen molar-refractivity contribution in [2.45, 2.75) is 19.4 Å². The van der Waals surface area contributed by atoms with Gasteiger partial charge in [-0.2, -0.15) is 0 Å². The highest BCUT2D eigenvalue weighted by Crippen LogP contribution is 2.30. The fourth-order valence-corrected chi connectivity index (χ4v) is 2.74. The van der Waals surface area contributed by atoms with Gasteiger partial charge in [0.2, 0.25) is 0 Å². The number of benzene rings is 1. The van der Waals surface area contributed by atoms with E-state index in [9.17, 15) is 4.79 Å². The molecule has 0 aliphatic carbocycles. The van der Waals surface area contributed by atoms with E-state index in [4.69, 9.17) is 27.6 Å². The summed E-state index contributed by atoms with van der Waals surface area (Å²) in [5.74, 6) is 0.716. The summed E-state index contributed by atoms with van der Waals surface area (Å²) in [5, 5.41) is 6.71. The highest BCUT2D eigenvalue weighted by atomic mass is 35.5. The number of carbonyl (C=O) groups excluding carboxylic acids is 1. The fourth-order valence-electron chi connectivity index (χ4n) is 1.97. The second kappa shape index (κ2) is 7.38. The number of furan rings is 1. The van der Waals surface area contributed by atoms with E-state index in [0.717, 1.165) is 5.56 Å². The van der Waals surface area contributed by atoms with Crippen LogP contribution in [0.3, 0.4) is 0 Å². The SMILES string of the molecule is CC(CNC(=O)NCc1ccco1)c1c(Cl)cccc1Cl. The smallest absolute Gasteiger partial charge is 0.315 e. The van der Waals surface area contributed by atoms with Crippen LogP contribution in [0.5, 0.6) is 0 Å². The Morgan fingerprint density at radius 1 is 1.19 bits per heavy atom. The highest BCUT2D eigenvalue weighted by Gasteiger charge is 2.14. The van der Waals surface area contributed by atoms with Gasteiger partial charge in [0.25, 0.3) is 0 Å². The summed E-state index contributed by atoms with van der Waals surface area (Å²) in [4.78, 5) is 11.7. The van der Waals surface area contributed by atoms with Crippen molar-refractivity contribution in [3.8, 4) is 0 Å². The Balaban J connectivity index is 1.83. The van der Waals surface area contributed by atoms with Crippen molar-refractivity contribution < 1.29 is 9.21 Å². The van der Waals surface area contributed by atoms with Gasteiger partial charge < -0.3 is 15.1 Å². The first kappa shape index (κ1) is 15.7. The van der Waals surface area contributed by atoms with Gasteiger partial charge in [-0.3, -0.25) is 0 Å². The molecule has 0 aliphatic rings. The lowest BCUT2D eigenvalue weighted by Crippen LogP contribution is -2.37. The molecule has 1 heterocycles. The molecule has 1 unspecified atom stereocenters. The second-order valence-corrected chi connectivity index (χ2v) is 5.49. The van der Waals surface area contributed by atoms with Crippen molar-refractivity contribution >= 4 is 29.2 Å². The second-order valence-electron chi connectivity index (χ2n) is 4.68. The molecule has 2 N–H and O–H groups in total. The summed E-state index contributed by atoms with van der Waals surface area (Å²) >= 11 is 12.3. The van der Waals surface area contributed by atoms with Gasteiger partial charge >= 0.3 is 6.03 Å². The van der Waals surface area contributed by atoms with E-state index in [1.54, 1.807) is 36.6 Å². The fraction of sp³-hybridized carbons (Fsp3) is 0.267. The van der Waals surface area contributed by atoms with E-state index >= 15 is 0 Å². The van der Waals surface area contributed by atoms with Crippen LogP contribution in [0.1, 0.15) is 24.2 Å². The summed E-state index contributed by atoms with van der Waals surface area (Å²) in [7, 11) is 0. The normalized spacial score (nSPS) is 12.0. The molecule has 21 heavy (non-hydrogen) atoms. The number of nitrogens with one attached hydrogen (secondary N) is 2. The number of hydrogen-bond donors (Lipinski definition) is 2. The molecule has 1 aromatic carbocycles. The average molecular weight is 327 g/mol. The monoisotopic (exact) mass is 326 g/mol. The minimum absolute atomic E-state index is 0.0144. The first-order chi connectivity index (χ1) is 10.1. The summed E-state index contributed by atoms with van der Waals surface area (Å²) in [5.41, 5.74) is 0.840. The number of rotatable bonds is 5. The maximum atomic E-state index is 11.7.